The van der Waals surface area contributed by atoms with Crippen molar-refractivity contribution in [1.29, 1.82) is 0 Å². The third-order valence-corrected chi connectivity index (χ3v) is 7.24. The number of aromatic nitrogens is 3. The van der Waals surface area contributed by atoms with E-state index in [9.17, 15) is 4.79 Å². The lowest BCUT2D eigenvalue weighted by Crippen LogP contribution is -2.24. The van der Waals surface area contributed by atoms with Crippen LogP contribution in [0, 0.1) is 13.8 Å². The van der Waals surface area contributed by atoms with Gasteiger partial charge in [0.2, 0.25) is 0 Å². The molecule has 1 N–H and O–H groups in total. The summed E-state index contributed by atoms with van der Waals surface area (Å²) in [7, 11) is 1.65. The molecule has 0 radical (unpaired) electrons. The maximum atomic E-state index is 13.8. The first-order chi connectivity index (χ1) is 17.0. The van der Waals surface area contributed by atoms with Crippen molar-refractivity contribution >= 4 is 22.8 Å². The molecule has 0 aliphatic rings. The fraction of sp³-hybridized carbons (Fsp3) is 0.172. The summed E-state index contributed by atoms with van der Waals surface area (Å²) in [6, 6.07) is 24.3. The number of aryl methyl sites for hydroxylation is 2. The Balaban J connectivity index is 1.64. The molecule has 0 spiro atoms. The number of hydrogen-bond acceptors (Lipinski definition) is 4. The van der Waals surface area contributed by atoms with Crippen molar-refractivity contribution < 1.29 is 4.74 Å². The molecule has 5 rings (SSSR count). The van der Waals surface area contributed by atoms with E-state index in [1.54, 1.807) is 23.4 Å². The molecule has 0 amide bonds. The highest BCUT2D eigenvalue weighted by Crippen LogP contribution is 2.30. The minimum atomic E-state index is -0.0912. The van der Waals surface area contributed by atoms with Crippen LogP contribution in [0.4, 0.5) is 0 Å². The number of nitrogens with zero attached hydrogens (tertiary/aromatic N) is 2. The molecule has 176 valence electrons. The standard InChI is InChI=1S/C29H27N3O2S/c1-19-13-14-20(2)23(15-19)18-35-29-31-26-24(21-9-5-4-6-10-21)16-30-27(26)28(33)32(29)17-22-11-7-8-12-25(22)34-3/h4-16,30H,17-18H2,1-3H3. The Morgan fingerprint density at radius 2 is 1.74 bits per heavy atom. The van der Waals surface area contributed by atoms with Crippen LogP contribution in [0.2, 0.25) is 0 Å². The number of fused-ring (bicyclic) bond motifs is 1. The number of H-pyrrole nitrogens is 1. The number of thioether (sulfide) groups is 1. The van der Waals surface area contributed by atoms with Crippen molar-refractivity contribution in [2.75, 3.05) is 7.11 Å². The Morgan fingerprint density at radius 3 is 2.54 bits per heavy atom. The van der Waals surface area contributed by atoms with E-state index in [-0.39, 0.29) is 5.56 Å². The second-order valence-electron chi connectivity index (χ2n) is 8.61. The molecule has 6 heteroatoms. The summed E-state index contributed by atoms with van der Waals surface area (Å²) in [5.74, 6) is 1.48. The molecule has 35 heavy (non-hydrogen) atoms. The Morgan fingerprint density at radius 1 is 0.971 bits per heavy atom. The number of para-hydroxylation sites is 1. The fourth-order valence-electron chi connectivity index (χ4n) is 4.26. The third-order valence-electron chi connectivity index (χ3n) is 6.22. The molecule has 0 saturated carbocycles. The van der Waals surface area contributed by atoms with Crippen LogP contribution < -0.4 is 10.3 Å². The molecule has 0 saturated heterocycles. The van der Waals surface area contributed by atoms with Gasteiger partial charge in [-0.25, -0.2) is 4.98 Å². The summed E-state index contributed by atoms with van der Waals surface area (Å²) in [6.07, 6.45) is 1.88. The monoisotopic (exact) mass is 481 g/mol. The number of benzene rings is 3. The predicted molar refractivity (Wildman–Crippen MR) is 143 cm³/mol. The summed E-state index contributed by atoms with van der Waals surface area (Å²) < 4.78 is 7.31. The van der Waals surface area contributed by atoms with Gasteiger partial charge in [-0.2, -0.15) is 0 Å². The topological polar surface area (TPSA) is 59.9 Å². The zero-order valence-corrected chi connectivity index (χ0v) is 20.9. The number of rotatable bonds is 7. The van der Waals surface area contributed by atoms with Crippen molar-refractivity contribution in [3.05, 3.63) is 112 Å². The summed E-state index contributed by atoms with van der Waals surface area (Å²) in [4.78, 5) is 22.0. The largest absolute Gasteiger partial charge is 0.496 e. The second kappa shape index (κ2) is 9.84. The van der Waals surface area contributed by atoms with E-state index in [0.29, 0.717) is 22.7 Å². The van der Waals surface area contributed by atoms with E-state index in [1.165, 1.54) is 16.7 Å². The van der Waals surface area contributed by atoms with E-state index >= 15 is 0 Å². The minimum absolute atomic E-state index is 0.0912. The van der Waals surface area contributed by atoms with Gasteiger partial charge in [0.1, 0.15) is 16.8 Å². The van der Waals surface area contributed by atoms with Crippen molar-refractivity contribution in [3.8, 4) is 16.9 Å². The number of hydrogen-bond donors (Lipinski definition) is 1. The smallest absolute Gasteiger partial charge is 0.278 e. The van der Waals surface area contributed by atoms with Crippen LogP contribution in [-0.2, 0) is 12.3 Å². The van der Waals surface area contributed by atoms with Crippen molar-refractivity contribution in [1.82, 2.24) is 14.5 Å². The molecule has 0 unspecified atom stereocenters. The van der Waals surface area contributed by atoms with Crippen LogP contribution in [0.1, 0.15) is 22.3 Å². The SMILES string of the molecule is COc1ccccc1Cn1c(SCc2cc(C)ccc2C)nc2c(-c3ccccc3)c[nH]c2c1=O. The highest BCUT2D eigenvalue weighted by atomic mass is 32.2. The first-order valence-corrected chi connectivity index (χ1v) is 12.5. The normalized spacial score (nSPS) is 11.2. The van der Waals surface area contributed by atoms with Crippen molar-refractivity contribution in [2.24, 2.45) is 0 Å². The lowest BCUT2D eigenvalue weighted by molar-refractivity contribution is 0.407. The molecule has 0 bridgehead atoms. The van der Waals surface area contributed by atoms with Gasteiger partial charge in [-0.1, -0.05) is 84.1 Å². The summed E-state index contributed by atoms with van der Waals surface area (Å²) in [5, 5.41) is 0.686. The highest BCUT2D eigenvalue weighted by Gasteiger charge is 2.18. The summed E-state index contributed by atoms with van der Waals surface area (Å²) in [6.45, 7) is 4.59. The van der Waals surface area contributed by atoms with Gasteiger partial charge in [-0.05, 0) is 36.6 Å². The maximum Gasteiger partial charge on any atom is 0.278 e. The molecule has 5 nitrogen and oxygen atoms in total. The Bertz CT molecular complexity index is 1550. The molecule has 3 aromatic carbocycles. The van der Waals surface area contributed by atoms with Crippen LogP contribution in [0.3, 0.4) is 0 Å². The lowest BCUT2D eigenvalue weighted by atomic mass is 10.1. The first kappa shape index (κ1) is 23.0. The lowest BCUT2D eigenvalue weighted by Gasteiger charge is -2.15. The molecular formula is C29H27N3O2S. The molecule has 5 aromatic rings. The van der Waals surface area contributed by atoms with Gasteiger partial charge in [0.25, 0.3) is 5.56 Å². The van der Waals surface area contributed by atoms with Gasteiger partial charge in [0, 0.05) is 23.1 Å². The summed E-state index contributed by atoms with van der Waals surface area (Å²) >= 11 is 1.59. The predicted octanol–water partition coefficient (Wildman–Crippen LogP) is 6.36. The quantitative estimate of drug-likeness (QED) is 0.217. The van der Waals surface area contributed by atoms with Gasteiger partial charge >= 0.3 is 0 Å². The van der Waals surface area contributed by atoms with Crippen molar-refractivity contribution in [2.45, 2.75) is 31.3 Å². The molecule has 0 aliphatic carbocycles. The van der Waals surface area contributed by atoms with Crippen LogP contribution in [0.25, 0.3) is 22.2 Å². The average molecular weight is 482 g/mol. The van der Waals surface area contributed by atoms with Crippen LogP contribution in [0.15, 0.2) is 88.9 Å². The number of ether oxygens (including phenoxy) is 1. The Labute approximate surface area is 208 Å². The average Bonchev–Trinajstić information content (AvgIpc) is 3.31. The van der Waals surface area contributed by atoms with E-state index in [0.717, 1.165) is 28.2 Å². The number of nitrogens with one attached hydrogen (secondary N) is 1. The van der Waals surface area contributed by atoms with Gasteiger partial charge in [0.05, 0.1) is 13.7 Å². The molecule has 0 fully saturated rings. The van der Waals surface area contributed by atoms with Crippen LogP contribution >= 0.6 is 11.8 Å². The molecule has 2 heterocycles. The van der Waals surface area contributed by atoms with Crippen LogP contribution in [0.5, 0.6) is 5.75 Å². The minimum Gasteiger partial charge on any atom is -0.496 e. The maximum absolute atomic E-state index is 13.8. The second-order valence-corrected chi connectivity index (χ2v) is 9.55. The Hall–Kier alpha value is -3.77. The zero-order chi connectivity index (χ0) is 24.4. The fourth-order valence-corrected chi connectivity index (χ4v) is 5.32. The Kier molecular flexibility index (Phi) is 6.47. The van der Waals surface area contributed by atoms with E-state index < -0.39 is 0 Å². The molecular weight excluding hydrogens is 454 g/mol. The van der Waals surface area contributed by atoms with Gasteiger partial charge in [-0.3, -0.25) is 9.36 Å². The number of aromatic amines is 1. The van der Waals surface area contributed by atoms with E-state index in [1.807, 2.05) is 60.8 Å². The molecule has 2 aromatic heterocycles. The zero-order valence-electron chi connectivity index (χ0n) is 20.0. The molecule has 0 atom stereocenters. The van der Waals surface area contributed by atoms with Gasteiger partial charge in [0.15, 0.2) is 5.16 Å². The van der Waals surface area contributed by atoms with Gasteiger partial charge < -0.3 is 9.72 Å². The highest BCUT2D eigenvalue weighted by molar-refractivity contribution is 7.98. The van der Waals surface area contributed by atoms with E-state index in [4.69, 9.17) is 9.72 Å². The van der Waals surface area contributed by atoms with Crippen molar-refractivity contribution in [3.63, 3.8) is 0 Å². The number of methoxy groups -OCH3 is 1. The van der Waals surface area contributed by atoms with Crippen LogP contribution in [-0.4, -0.2) is 21.6 Å². The van der Waals surface area contributed by atoms with E-state index in [2.05, 4.69) is 37.0 Å². The molecule has 0 aliphatic heterocycles. The third kappa shape index (κ3) is 4.62. The first-order valence-electron chi connectivity index (χ1n) is 11.5. The summed E-state index contributed by atoms with van der Waals surface area (Å²) in [5.41, 5.74) is 7.69. The van der Waals surface area contributed by atoms with Gasteiger partial charge in [-0.15, -0.1) is 0 Å².